The SMILES string of the molecule is CCCNC(C)(CO)CSCc1ccco1. The molecule has 1 aromatic rings. The summed E-state index contributed by atoms with van der Waals surface area (Å²) < 4.78 is 5.26. The van der Waals surface area contributed by atoms with E-state index in [2.05, 4.69) is 19.2 Å². The Hall–Kier alpha value is -0.450. The molecule has 0 amide bonds. The molecule has 0 saturated carbocycles. The van der Waals surface area contributed by atoms with Gasteiger partial charge >= 0.3 is 0 Å². The maximum atomic E-state index is 9.37. The summed E-state index contributed by atoms with van der Waals surface area (Å²) in [4.78, 5) is 0. The van der Waals surface area contributed by atoms with Crippen LogP contribution in [0.3, 0.4) is 0 Å². The molecular formula is C12H21NO2S. The number of hydrogen-bond donors (Lipinski definition) is 2. The molecule has 2 N–H and O–H groups in total. The summed E-state index contributed by atoms with van der Waals surface area (Å²) in [5, 5.41) is 12.7. The summed E-state index contributed by atoms with van der Waals surface area (Å²) in [6.45, 7) is 5.29. The van der Waals surface area contributed by atoms with Gasteiger partial charge in [-0.1, -0.05) is 6.92 Å². The second kappa shape index (κ2) is 6.99. The smallest absolute Gasteiger partial charge is 0.113 e. The number of hydrogen-bond acceptors (Lipinski definition) is 4. The van der Waals surface area contributed by atoms with E-state index in [1.165, 1.54) is 0 Å². The summed E-state index contributed by atoms with van der Waals surface area (Å²) in [6, 6.07) is 3.87. The van der Waals surface area contributed by atoms with Crippen LogP contribution in [0.4, 0.5) is 0 Å². The van der Waals surface area contributed by atoms with Crippen LogP contribution in [-0.2, 0) is 5.75 Å². The zero-order valence-electron chi connectivity index (χ0n) is 10.0. The van der Waals surface area contributed by atoms with E-state index in [4.69, 9.17) is 4.42 Å². The van der Waals surface area contributed by atoms with Crippen molar-refractivity contribution in [1.29, 1.82) is 0 Å². The molecule has 92 valence electrons. The van der Waals surface area contributed by atoms with Gasteiger partial charge in [-0.2, -0.15) is 11.8 Å². The summed E-state index contributed by atoms with van der Waals surface area (Å²) in [5.41, 5.74) is -0.187. The van der Waals surface area contributed by atoms with Crippen molar-refractivity contribution in [2.24, 2.45) is 0 Å². The number of aliphatic hydroxyl groups excluding tert-OH is 1. The molecule has 0 aliphatic heterocycles. The zero-order valence-corrected chi connectivity index (χ0v) is 10.8. The van der Waals surface area contributed by atoms with Crippen molar-refractivity contribution in [2.75, 3.05) is 18.9 Å². The molecule has 3 nitrogen and oxygen atoms in total. The molecule has 1 atom stereocenters. The van der Waals surface area contributed by atoms with Crippen LogP contribution in [0, 0.1) is 0 Å². The van der Waals surface area contributed by atoms with Gasteiger partial charge in [0.2, 0.25) is 0 Å². The summed E-state index contributed by atoms with van der Waals surface area (Å²) in [6.07, 6.45) is 2.77. The van der Waals surface area contributed by atoms with Gasteiger partial charge in [0, 0.05) is 11.3 Å². The van der Waals surface area contributed by atoms with Gasteiger partial charge in [0.1, 0.15) is 5.76 Å². The average molecular weight is 243 g/mol. The van der Waals surface area contributed by atoms with E-state index in [9.17, 15) is 5.11 Å². The first-order chi connectivity index (χ1) is 7.70. The van der Waals surface area contributed by atoms with E-state index in [-0.39, 0.29) is 12.1 Å². The van der Waals surface area contributed by atoms with E-state index in [0.29, 0.717) is 0 Å². The zero-order chi connectivity index (χ0) is 11.9. The summed E-state index contributed by atoms with van der Waals surface area (Å²) in [7, 11) is 0. The fraction of sp³-hybridized carbons (Fsp3) is 0.667. The van der Waals surface area contributed by atoms with Crippen LogP contribution in [0.1, 0.15) is 26.0 Å². The lowest BCUT2D eigenvalue weighted by molar-refractivity contribution is 0.192. The highest BCUT2D eigenvalue weighted by molar-refractivity contribution is 7.98. The van der Waals surface area contributed by atoms with Crippen molar-refractivity contribution in [3.05, 3.63) is 24.2 Å². The Balaban J connectivity index is 2.27. The van der Waals surface area contributed by atoms with Gasteiger partial charge in [-0.25, -0.2) is 0 Å². The molecule has 0 saturated heterocycles. The molecular weight excluding hydrogens is 222 g/mol. The molecule has 0 aromatic carbocycles. The molecule has 16 heavy (non-hydrogen) atoms. The van der Waals surface area contributed by atoms with Gasteiger partial charge in [-0.15, -0.1) is 0 Å². The molecule has 0 bridgehead atoms. The Morgan fingerprint density at radius 2 is 2.38 bits per heavy atom. The van der Waals surface area contributed by atoms with E-state index in [0.717, 1.165) is 30.2 Å². The van der Waals surface area contributed by atoms with Crippen LogP contribution in [-0.4, -0.2) is 29.5 Å². The number of furan rings is 1. The minimum atomic E-state index is -0.187. The fourth-order valence-corrected chi connectivity index (χ4v) is 2.46. The van der Waals surface area contributed by atoms with E-state index < -0.39 is 0 Å². The monoisotopic (exact) mass is 243 g/mol. The Morgan fingerprint density at radius 3 is 2.94 bits per heavy atom. The van der Waals surface area contributed by atoms with Crippen molar-refractivity contribution in [3.63, 3.8) is 0 Å². The highest BCUT2D eigenvalue weighted by Crippen LogP contribution is 2.18. The minimum Gasteiger partial charge on any atom is -0.468 e. The van der Waals surface area contributed by atoms with Crippen LogP contribution < -0.4 is 5.32 Å². The largest absolute Gasteiger partial charge is 0.468 e. The third kappa shape index (κ3) is 4.60. The van der Waals surface area contributed by atoms with Crippen molar-refractivity contribution < 1.29 is 9.52 Å². The van der Waals surface area contributed by atoms with Gasteiger partial charge in [-0.05, 0) is 32.0 Å². The first-order valence-electron chi connectivity index (χ1n) is 5.66. The van der Waals surface area contributed by atoms with Gasteiger partial charge in [0.15, 0.2) is 0 Å². The lowest BCUT2D eigenvalue weighted by atomic mass is 10.1. The normalized spacial score (nSPS) is 14.9. The second-order valence-corrected chi connectivity index (χ2v) is 5.20. The Labute approximate surface area is 102 Å². The first-order valence-corrected chi connectivity index (χ1v) is 6.81. The predicted molar refractivity (Wildman–Crippen MR) is 68.7 cm³/mol. The standard InChI is InChI=1S/C12H21NO2S/c1-3-6-13-12(2,9-14)10-16-8-11-5-4-7-15-11/h4-5,7,13-14H,3,6,8-10H2,1-2H3. The molecule has 0 radical (unpaired) electrons. The molecule has 4 heteroatoms. The fourth-order valence-electron chi connectivity index (χ4n) is 1.35. The Bertz CT molecular complexity index is 277. The Kier molecular flexibility index (Phi) is 5.95. The molecule has 1 heterocycles. The quantitative estimate of drug-likeness (QED) is 0.735. The third-order valence-corrected chi connectivity index (χ3v) is 3.73. The van der Waals surface area contributed by atoms with Crippen LogP contribution in [0.15, 0.2) is 22.8 Å². The molecule has 1 aromatic heterocycles. The number of aliphatic hydroxyl groups is 1. The van der Waals surface area contributed by atoms with Crippen LogP contribution in [0.2, 0.25) is 0 Å². The van der Waals surface area contributed by atoms with Crippen molar-refractivity contribution in [1.82, 2.24) is 5.32 Å². The van der Waals surface area contributed by atoms with E-state index >= 15 is 0 Å². The van der Waals surface area contributed by atoms with Crippen LogP contribution in [0.25, 0.3) is 0 Å². The maximum absolute atomic E-state index is 9.37. The Morgan fingerprint density at radius 1 is 1.56 bits per heavy atom. The molecule has 0 aliphatic rings. The minimum absolute atomic E-state index is 0.165. The summed E-state index contributed by atoms with van der Waals surface area (Å²) >= 11 is 1.78. The van der Waals surface area contributed by atoms with E-state index in [1.54, 1.807) is 18.0 Å². The number of rotatable bonds is 8. The van der Waals surface area contributed by atoms with E-state index in [1.807, 2.05) is 12.1 Å². The van der Waals surface area contributed by atoms with Gasteiger partial charge in [0.25, 0.3) is 0 Å². The number of thioether (sulfide) groups is 1. The summed E-state index contributed by atoms with van der Waals surface area (Å²) in [5.74, 6) is 2.72. The van der Waals surface area contributed by atoms with Crippen molar-refractivity contribution >= 4 is 11.8 Å². The van der Waals surface area contributed by atoms with Gasteiger partial charge < -0.3 is 14.8 Å². The maximum Gasteiger partial charge on any atom is 0.113 e. The molecule has 0 aliphatic carbocycles. The molecule has 0 spiro atoms. The average Bonchev–Trinajstić information content (AvgIpc) is 2.79. The highest BCUT2D eigenvalue weighted by atomic mass is 32.2. The second-order valence-electron chi connectivity index (χ2n) is 4.22. The first kappa shape index (κ1) is 13.6. The third-order valence-electron chi connectivity index (χ3n) is 2.40. The predicted octanol–water partition coefficient (Wildman–Crippen LogP) is 2.26. The van der Waals surface area contributed by atoms with Gasteiger partial charge in [-0.3, -0.25) is 0 Å². The van der Waals surface area contributed by atoms with Gasteiger partial charge in [0.05, 0.1) is 18.6 Å². The van der Waals surface area contributed by atoms with Crippen LogP contribution in [0.5, 0.6) is 0 Å². The lowest BCUT2D eigenvalue weighted by Gasteiger charge is -2.28. The molecule has 0 fully saturated rings. The highest BCUT2D eigenvalue weighted by Gasteiger charge is 2.21. The molecule has 1 unspecified atom stereocenters. The molecule has 1 rings (SSSR count). The van der Waals surface area contributed by atoms with Crippen molar-refractivity contribution in [3.8, 4) is 0 Å². The lowest BCUT2D eigenvalue weighted by Crippen LogP contribution is -2.48. The number of nitrogens with one attached hydrogen (secondary N) is 1. The topological polar surface area (TPSA) is 45.4 Å². The van der Waals surface area contributed by atoms with Crippen LogP contribution >= 0.6 is 11.8 Å². The van der Waals surface area contributed by atoms with Crippen molar-refractivity contribution in [2.45, 2.75) is 31.6 Å².